The highest BCUT2D eigenvalue weighted by Gasteiger charge is 2.21. The van der Waals surface area contributed by atoms with Gasteiger partial charge in [0.2, 0.25) is 5.89 Å². The SMILES string of the molecule is CN=C(NCc1noc(C(C)(C)C)n1)NCc1ccccc1OC(C)(C)C. The van der Waals surface area contributed by atoms with E-state index in [-0.39, 0.29) is 11.0 Å². The summed E-state index contributed by atoms with van der Waals surface area (Å²) in [5, 5.41) is 10.5. The van der Waals surface area contributed by atoms with Crippen molar-refractivity contribution in [3.8, 4) is 5.75 Å². The van der Waals surface area contributed by atoms with Gasteiger partial charge in [-0.15, -0.1) is 0 Å². The van der Waals surface area contributed by atoms with Crippen LogP contribution < -0.4 is 15.4 Å². The highest BCUT2D eigenvalue weighted by molar-refractivity contribution is 5.79. The average Bonchev–Trinajstić information content (AvgIpc) is 3.04. The van der Waals surface area contributed by atoms with Crippen molar-refractivity contribution in [1.82, 2.24) is 20.8 Å². The van der Waals surface area contributed by atoms with E-state index >= 15 is 0 Å². The minimum atomic E-state index is -0.251. The lowest BCUT2D eigenvalue weighted by Crippen LogP contribution is -2.36. The molecular weight excluding hydrogens is 342 g/mol. The second-order valence-electron chi connectivity index (χ2n) is 8.37. The maximum Gasteiger partial charge on any atom is 0.232 e. The smallest absolute Gasteiger partial charge is 0.232 e. The maximum absolute atomic E-state index is 6.03. The number of hydrogen-bond donors (Lipinski definition) is 2. The number of rotatable bonds is 5. The lowest BCUT2D eigenvalue weighted by atomic mass is 9.97. The first-order valence-corrected chi connectivity index (χ1v) is 9.13. The highest BCUT2D eigenvalue weighted by Crippen LogP contribution is 2.23. The fourth-order valence-corrected chi connectivity index (χ4v) is 2.27. The number of ether oxygens (including phenoxy) is 1. The molecule has 1 aromatic heterocycles. The molecule has 0 bridgehead atoms. The van der Waals surface area contributed by atoms with Gasteiger partial charge in [-0.1, -0.05) is 44.1 Å². The molecule has 0 aliphatic rings. The van der Waals surface area contributed by atoms with Crippen LogP contribution in [0.2, 0.25) is 0 Å². The van der Waals surface area contributed by atoms with E-state index < -0.39 is 0 Å². The quantitative estimate of drug-likeness (QED) is 0.617. The van der Waals surface area contributed by atoms with Gasteiger partial charge in [0.05, 0.1) is 6.54 Å². The van der Waals surface area contributed by atoms with Crippen molar-refractivity contribution < 1.29 is 9.26 Å². The van der Waals surface area contributed by atoms with Crippen LogP contribution >= 0.6 is 0 Å². The van der Waals surface area contributed by atoms with Crippen LogP contribution in [0.5, 0.6) is 5.75 Å². The van der Waals surface area contributed by atoms with Crippen molar-refractivity contribution in [2.45, 2.75) is 65.6 Å². The van der Waals surface area contributed by atoms with E-state index in [9.17, 15) is 0 Å². The van der Waals surface area contributed by atoms with Gasteiger partial charge in [0.1, 0.15) is 11.4 Å². The maximum atomic E-state index is 6.03. The molecule has 0 fully saturated rings. The lowest BCUT2D eigenvalue weighted by molar-refractivity contribution is 0.129. The molecule has 148 valence electrons. The predicted molar refractivity (Wildman–Crippen MR) is 107 cm³/mol. The van der Waals surface area contributed by atoms with Gasteiger partial charge in [0.25, 0.3) is 0 Å². The fraction of sp³-hybridized carbons (Fsp3) is 0.550. The number of benzene rings is 1. The molecule has 0 aliphatic heterocycles. The number of guanidine groups is 1. The molecule has 2 N–H and O–H groups in total. The molecule has 0 saturated carbocycles. The molecule has 2 aromatic rings. The van der Waals surface area contributed by atoms with Gasteiger partial charge in [-0.25, -0.2) is 0 Å². The lowest BCUT2D eigenvalue weighted by Gasteiger charge is -2.23. The third-order valence-electron chi connectivity index (χ3n) is 3.58. The monoisotopic (exact) mass is 373 g/mol. The Morgan fingerprint density at radius 1 is 1.07 bits per heavy atom. The van der Waals surface area contributed by atoms with Crippen molar-refractivity contribution >= 4 is 5.96 Å². The second-order valence-corrected chi connectivity index (χ2v) is 8.37. The minimum absolute atomic E-state index is 0.165. The topological polar surface area (TPSA) is 84.6 Å². The summed E-state index contributed by atoms with van der Waals surface area (Å²) >= 11 is 0. The van der Waals surface area contributed by atoms with E-state index in [1.54, 1.807) is 7.05 Å². The summed E-state index contributed by atoms with van der Waals surface area (Å²) in [6, 6.07) is 7.98. The summed E-state index contributed by atoms with van der Waals surface area (Å²) in [5.41, 5.74) is 0.645. The van der Waals surface area contributed by atoms with E-state index in [1.807, 2.05) is 65.8 Å². The standard InChI is InChI=1S/C20H31N5O2/c1-19(2,3)17-24-16(25-27-17)13-23-18(21-7)22-12-14-10-8-9-11-15(14)26-20(4,5)6/h8-11H,12-13H2,1-7H3,(H2,21,22,23). The van der Waals surface area contributed by atoms with Crippen LogP contribution in [0.15, 0.2) is 33.8 Å². The van der Waals surface area contributed by atoms with Crippen LogP contribution in [0, 0.1) is 0 Å². The summed E-state index contributed by atoms with van der Waals surface area (Å²) in [7, 11) is 1.73. The van der Waals surface area contributed by atoms with Crippen LogP contribution in [-0.2, 0) is 18.5 Å². The Kier molecular flexibility index (Phi) is 6.46. The van der Waals surface area contributed by atoms with Crippen molar-refractivity contribution in [2.24, 2.45) is 4.99 Å². The molecule has 1 aromatic carbocycles. The molecule has 27 heavy (non-hydrogen) atoms. The summed E-state index contributed by atoms with van der Waals surface area (Å²) in [5.74, 6) is 2.73. The predicted octanol–water partition coefficient (Wildman–Crippen LogP) is 3.41. The van der Waals surface area contributed by atoms with E-state index in [1.165, 1.54) is 0 Å². The third-order valence-corrected chi connectivity index (χ3v) is 3.58. The number of aromatic nitrogens is 2. The fourth-order valence-electron chi connectivity index (χ4n) is 2.27. The summed E-state index contributed by atoms with van der Waals surface area (Å²) in [6.07, 6.45) is 0. The van der Waals surface area contributed by atoms with E-state index in [2.05, 4.69) is 25.8 Å². The van der Waals surface area contributed by atoms with E-state index in [4.69, 9.17) is 9.26 Å². The molecule has 0 amide bonds. The number of hydrogen-bond acceptors (Lipinski definition) is 5. The Balaban J connectivity index is 1.94. The van der Waals surface area contributed by atoms with Crippen LogP contribution in [0.4, 0.5) is 0 Å². The van der Waals surface area contributed by atoms with Crippen LogP contribution in [0.3, 0.4) is 0 Å². The van der Waals surface area contributed by atoms with Gasteiger partial charge < -0.3 is 19.9 Å². The van der Waals surface area contributed by atoms with Crippen molar-refractivity contribution in [3.05, 3.63) is 41.5 Å². The van der Waals surface area contributed by atoms with Crippen molar-refractivity contribution in [1.29, 1.82) is 0 Å². The number of para-hydroxylation sites is 1. The molecule has 0 atom stereocenters. The average molecular weight is 374 g/mol. The Morgan fingerprint density at radius 2 is 1.74 bits per heavy atom. The molecule has 1 heterocycles. The first kappa shape index (κ1) is 20.7. The second kappa shape index (κ2) is 8.41. The van der Waals surface area contributed by atoms with Gasteiger partial charge >= 0.3 is 0 Å². The zero-order valence-corrected chi connectivity index (χ0v) is 17.4. The molecule has 7 heteroatoms. The van der Waals surface area contributed by atoms with E-state index in [0.717, 1.165) is 11.3 Å². The summed E-state index contributed by atoms with van der Waals surface area (Å²) in [4.78, 5) is 8.66. The van der Waals surface area contributed by atoms with E-state index in [0.29, 0.717) is 30.8 Å². The third kappa shape index (κ3) is 6.58. The highest BCUT2D eigenvalue weighted by atomic mass is 16.5. The molecule has 0 unspecified atom stereocenters. The van der Waals surface area contributed by atoms with Crippen LogP contribution in [0.1, 0.15) is 58.8 Å². The van der Waals surface area contributed by atoms with Gasteiger partial charge in [-0.05, 0) is 26.8 Å². The Hall–Kier alpha value is -2.57. The Morgan fingerprint density at radius 3 is 2.33 bits per heavy atom. The van der Waals surface area contributed by atoms with Crippen molar-refractivity contribution in [3.63, 3.8) is 0 Å². The molecule has 7 nitrogen and oxygen atoms in total. The van der Waals surface area contributed by atoms with Crippen LogP contribution in [-0.4, -0.2) is 28.7 Å². The molecule has 2 rings (SSSR count). The number of nitrogens with zero attached hydrogens (tertiary/aromatic N) is 3. The summed E-state index contributed by atoms with van der Waals surface area (Å²) < 4.78 is 11.3. The van der Waals surface area contributed by atoms with Gasteiger partial charge in [-0.3, -0.25) is 4.99 Å². The normalized spacial score (nSPS) is 12.8. The van der Waals surface area contributed by atoms with Gasteiger partial charge in [0.15, 0.2) is 11.8 Å². The largest absolute Gasteiger partial charge is 0.488 e. The molecule has 0 saturated heterocycles. The van der Waals surface area contributed by atoms with Gasteiger partial charge in [-0.2, -0.15) is 4.98 Å². The van der Waals surface area contributed by atoms with Crippen LogP contribution in [0.25, 0.3) is 0 Å². The zero-order chi connectivity index (χ0) is 20.1. The first-order chi connectivity index (χ1) is 12.6. The number of nitrogens with one attached hydrogen (secondary N) is 2. The Labute approximate surface area is 161 Å². The Bertz CT molecular complexity index is 769. The molecule has 0 spiro atoms. The minimum Gasteiger partial charge on any atom is -0.488 e. The molecular formula is C20H31N5O2. The number of aliphatic imine (C=N–C) groups is 1. The first-order valence-electron chi connectivity index (χ1n) is 9.13. The van der Waals surface area contributed by atoms with Crippen molar-refractivity contribution in [2.75, 3.05) is 7.05 Å². The zero-order valence-electron chi connectivity index (χ0n) is 17.4. The van der Waals surface area contributed by atoms with Gasteiger partial charge in [0, 0.05) is 24.6 Å². The summed E-state index contributed by atoms with van der Waals surface area (Å²) in [6.45, 7) is 13.2. The molecule has 0 radical (unpaired) electrons. The molecule has 0 aliphatic carbocycles.